The number of nitrogens with zero attached hydrogens (tertiary/aromatic N) is 4. The third kappa shape index (κ3) is 3.14. The summed E-state index contributed by atoms with van der Waals surface area (Å²) in [6, 6.07) is 10.9. The zero-order chi connectivity index (χ0) is 19.7. The topological polar surface area (TPSA) is 111 Å². The lowest BCUT2D eigenvalue weighted by Gasteiger charge is -2.13. The van der Waals surface area contributed by atoms with Crippen molar-refractivity contribution in [1.82, 2.24) is 15.0 Å². The number of hydrogen-bond acceptors (Lipinski definition) is 6. The van der Waals surface area contributed by atoms with E-state index in [2.05, 4.69) is 15.0 Å². The van der Waals surface area contributed by atoms with Gasteiger partial charge in [0.1, 0.15) is 0 Å². The number of benzene rings is 1. The maximum atomic E-state index is 11.8. The van der Waals surface area contributed by atoms with E-state index in [1.54, 1.807) is 24.7 Å². The average molecular weight is 390 g/mol. The molecule has 0 atom stereocenters. The number of primary amides is 1. The van der Waals surface area contributed by atoms with Crippen LogP contribution in [-0.2, 0) is 0 Å². The summed E-state index contributed by atoms with van der Waals surface area (Å²) in [4.78, 5) is 26.6. The molecule has 4 aromatic rings. The van der Waals surface area contributed by atoms with Gasteiger partial charge in [-0.1, -0.05) is 17.4 Å². The van der Waals surface area contributed by atoms with Gasteiger partial charge in [-0.2, -0.15) is 0 Å². The summed E-state index contributed by atoms with van der Waals surface area (Å²) in [6.45, 7) is 2.29. The molecule has 0 spiro atoms. The molecular formula is C20H18N6OS. The smallest absolute Gasteiger partial charge is 0.321 e. The van der Waals surface area contributed by atoms with Crippen molar-refractivity contribution in [2.75, 3.05) is 17.2 Å². The average Bonchev–Trinajstić information content (AvgIpc) is 3.12. The number of pyridine rings is 2. The fourth-order valence-electron chi connectivity index (χ4n) is 3.04. The highest BCUT2D eigenvalue weighted by Crippen LogP contribution is 2.40. The van der Waals surface area contributed by atoms with Gasteiger partial charge in [-0.25, -0.2) is 9.78 Å². The second-order valence-electron chi connectivity index (χ2n) is 6.13. The lowest BCUT2D eigenvalue weighted by atomic mass is 10.0. The molecule has 4 rings (SSSR count). The highest BCUT2D eigenvalue weighted by molar-refractivity contribution is 7.23. The number of rotatable bonds is 4. The summed E-state index contributed by atoms with van der Waals surface area (Å²) in [6.07, 6.45) is 5.23. The zero-order valence-electron chi connectivity index (χ0n) is 15.2. The Bertz CT molecular complexity index is 1160. The minimum absolute atomic E-state index is 0.436. The lowest BCUT2D eigenvalue weighted by Crippen LogP contribution is -2.35. The van der Waals surface area contributed by atoms with E-state index in [1.165, 1.54) is 16.2 Å². The maximum Gasteiger partial charge on any atom is 0.321 e. The van der Waals surface area contributed by atoms with Crippen LogP contribution in [0.5, 0.6) is 0 Å². The summed E-state index contributed by atoms with van der Waals surface area (Å²) < 4.78 is 0.896. The first kappa shape index (κ1) is 17.9. The quantitative estimate of drug-likeness (QED) is 0.549. The molecule has 28 heavy (non-hydrogen) atoms. The van der Waals surface area contributed by atoms with Crippen molar-refractivity contribution in [3.05, 3.63) is 55.0 Å². The van der Waals surface area contributed by atoms with E-state index in [4.69, 9.17) is 11.5 Å². The van der Waals surface area contributed by atoms with Crippen molar-refractivity contribution in [3.8, 4) is 22.4 Å². The van der Waals surface area contributed by atoms with E-state index in [1.807, 2.05) is 37.3 Å². The molecule has 4 N–H and O–H groups in total. The zero-order valence-corrected chi connectivity index (χ0v) is 16.0. The van der Waals surface area contributed by atoms with Gasteiger partial charge in [0.15, 0.2) is 5.13 Å². The minimum atomic E-state index is -0.534. The molecule has 0 saturated heterocycles. The number of carbonyl (C=O) groups excluding carboxylic acids is 1. The van der Waals surface area contributed by atoms with E-state index in [0.29, 0.717) is 23.1 Å². The normalized spacial score (nSPS) is 10.9. The molecular weight excluding hydrogens is 372 g/mol. The molecule has 0 saturated carbocycles. The van der Waals surface area contributed by atoms with Crippen LogP contribution in [0.25, 0.3) is 32.6 Å². The van der Waals surface area contributed by atoms with Gasteiger partial charge in [-0.05, 0) is 42.8 Å². The summed E-state index contributed by atoms with van der Waals surface area (Å²) in [5, 5.41) is 0.545. The number of hydrogen-bond donors (Lipinski definition) is 2. The molecule has 7 nitrogen and oxygen atoms in total. The Hall–Kier alpha value is -3.52. The molecule has 0 fully saturated rings. The first-order valence-electron chi connectivity index (χ1n) is 8.71. The molecule has 0 radical (unpaired) electrons. The van der Waals surface area contributed by atoms with Gasteiger partial charge in [-0.15, -0.1) is 0 Å². The molecule has 0 unspecified atom stereocenters. The van der Waals surface area contributed by atoms with Crippen LogP contribution in [0.1, 0.15) is 6.92 Å². The highest BCUT2D eigenvalue weighted by atomic mass is 32.1. The number of carbonyl (C=O) groups is 1. The van der Waals surface area contributed by atoms with Crippen molar-refractivity contribution in [1.29, 1.82) is 0 Å². The van der Waals surface area contributed by atoms with Crippen molar-refractivity contribution in [2.24, 2.45) is 5.73 Å². The minimum Gasteiger partial charge on any atom is -0.397 e. The Labute approximate surface area is 165 Å². The number of anilines is 2. The van der Waals surface area contributed by atoms with Crippen molar-refractivity contribution < 1.29 is 4.79 Å². The third-order valence-corrected chi connectivity index (χ3v) is 5.51. The van der Waals surface area contributed by atoms with Crippen LogP contribution >= 0.6 is 11.3 Å². The van der Waals surface area contributed by atoms with E-state index in [-0.39, 0.29) is 0 Å². The summed E-state index contributed by atoms with van der Waals surface area (Å²) in [7, 11) is 0. The molecule has 8 heteroatoms. The van der Waals surface area contributed by atoms with Crippen LogP contribution in [0.3, 0.4) is 0 Å². The molecule has 0 aliphatic rings. The van der Waals surface area contributed by atoms with Crippen molar-refractivity contribution in [3.63, 3.8) is 0 Å². The Morgan fingerprint density at radius 2 is 2.00 bits per heavy atom. The molecule has 3 aromatic heterocycles. The van der Waals surface area contributed by atoms with Crippen LogP contribution in [0.15, 0.2) is 55.0 Å². The van der Waals surface area contributed by atoms with Crippen molar-refractivity contribution in [2.45, 2.75) is 6.92 Å². The first-order chi connectivity index (χ1) is 13.6. The molecule has 140 valence electrons. The second kappa shape index (κ2) is 7.24. The number of thiazole rings is 1. The summed E-state index contributed by atoms with van der Waals surface area (Å²) in [5.74, 6) is 0. The van der Waals surface area contributed by atoms with Crippen LogP contribution < -0.4 is 16.4 Å². The SMILES string of the molecule is CCN(C(N)=O)c1nc2cc(-c3cccnc3)cc(-c3ncccc3N)c2s1. The number of fused-ring (bicyclic) bond motifs is 1. The third-order valence-electron chi connectivity index (χ3n) is 4.38. The molecule has 0 bridgehead atoms. The van der Waals surface area contributed by atoms with E-state index >= 15 is 0 Å². The van der Waals surface area contributed by atoms with Crippen LogP contribution in [0, 0.1) is 0 Å². The monoisotopic (exact) mass is 390 g/mol. The summed E-state index contributed by atoms with van der Waals surface area (Å²) in [5.41, 5.74) is 16.5. The van der Waals surface area contributed by atoms with Crippen LogP contribution in [0.4, 0.5) is 15.6 Å². The molecule has 1 aromatic carbocycles. The van der Waals surface area contributed by atoms with Gasteiger partial charge in [-0.3, -0.25) is 14.9 Å². The van der Waals surface area contributed by atoms with Gasteiger partial charge < -0.3 is 11.5 Å². The fourth-order valence-corrected chi connectivity index (χ4v) is 4.17. The molecule has 2 amide bonds. The van der Waals surface area contributed by atoms with Gasteiger partial charge in [0.05, 0.1) is 21.6 Å². The Morgan fingerprint density at radius 1 is 1.18 bits per heavy atom. The highest BCUT2D eigenvalue weighted by Gasteiger charge is 2.19. The predicted molar refractivity (Wildman–Crippen MR) is 113 cm³/mol. The fraction of sp³-hybridized carbons (Fsp3) is 0.100. The number of nitrogen functional groups attached to an aromatic ring is 1. The standard InChI is InChI=1S/C20H18N6OS/c1-2-26(19(22)27)20-25-16-10-13(12-5-3-7-23-11-12)9-14(18(16)28-20)17-15(21)6-4-8-24-17/h3-11H,2,21H2,1H3,(H2,22,27). The molecule has 0 aliphatic carbocycles. The molecule has 0 aliphatic heterocycles. The largest absolute Gasteiger partial charge is 0.397 e. The van der Waals surface area contributed by atoms with Gasteiger partial charge in [0, 0.05) is 36.3 Å². The lowest BCUT2D eigenvalue weighted by molar-refractivity contribution is 0.254. The van der Waals surface area contributed by atoms with Crippen molar-refractivity contribution >= 4 is 38.4 Å². The molecule has 3 heterocycles. The predicted octanol–water partition coefficient (Wildman–Crippen LogP) is 3.91. The number of urea groups is 1. The Kier molecular flexibility index (Phi) is 4.62. The second-order valence-corrected chi connectivity index (χ2v) is 7.11. The van der Waals surface area contributed by atoms with E-state index < -0.39 is 6.03 Å². The van der Waals surface area contributed by atoms with Crippen LogP contribution in [-0.4, -0.2) is 27.5 Å². The van der Waals surface area contributed by atoms with E-state index in [9.17, 15) is 4.79 Å². The van der Waals surface area contributed by atoms with Gasteiger partial charge in [0.2, 0.25) is 0 Å². The van der Waals surface area contributed by atoms with E-state index in [0.717, 1.165) is 26.9 Å². The number of amides is 2. The summed E-state index contributed by atoms with van der Waals surface area (Å²) >= 11 is 1.40. The number of aromatic nitrogens is 3. The maximum absolute atomic E-state index is 11.8. The Balaban J connectivity index is 2.00. The first-order valence-corrected chi connectivity index (χ1v) is 9.53. The van der Waals surface area contributed by atoms with Gasteiger partial charge in [0.25, 0.3) is 0 Å². The van der Waals surface area contributed by atoms with Gasteiger partial charge >= 0.3 is 6.03 Å². The van der Waals surface area contributed by atoms with Crippen LogP contribution in [0.2, 0.25) is 0 Å². The number of nitrogens with two attached hydrogens (primary N) is 2. The Morgan fingerprint density at radius 3 is 2.68 bits per heavy atom.